The Hall–Kier alpha value is -2.13. The topological polar surface area (TPSA) is 98.4 Å². The second-order valence-electron chi connectivity index (χ2n) is 6.25. The Morgan fingerprint density at radius 1 is 1.26 bits per heavy atom. The van der Waals surface area contributed by atoms with Crippen molar-refractivity contribution in [3.8, 4) is 10.4 Å². The van der Waals surface area contributed by atoms with Crippen LogP contribution in [0.25, 0.3) is 10.4 Å². The van der Waals surface area contributed by atoms with Gasteiger partial charge in [0.05, 0.1) is 35.1 Å². The summed E-state index contributed by atoms with van der Waals surface area (Å²) in [6.07, 6.45) is -0.168. The first-order valence-electron chi connectivity index (χ1n) is 8.34. The number of carboxylic acid groups (broad SMARTS) is 1. The van der Waals surface area contributed by atoms with E-state index in [0.29, 0.717) is 10.7 Å². The number of hydrogen-bond donors (Lipinski definition) is 2. The van der Waals surface area contributed by atoms with Crippen LogP contribution in [-0.4, -0.2) is 20.8 Å². The van der Waals surface area contributed by atoms with Crippen LogP contribution in [0.3, 0.4) is 0 Å². The molecule has 2 N–H and O–H groups in total. The van der Waals surface area contributed by atoms with Gasteiger partial charge in [0.2, 0.25) is 0 Å². The zero-order chi connectivity index (χ0) is 19.6. The molecule has 2 heterocycles. The number of benzene rings is 1. The highest BCUT2D eigenvalue weighted by atomic mass is 32.2. The summed E-state index contributed by atoms with van der Waals surface area (Å²) in [7, 11) is 0. The van der Waals surface area contributed by atoms with E-state index in [1.165, 1.54) is 11.3 Å². The van der Waals surface area contributed by atoms with E-state index >= 15 is 0 Å². The lowest BCUT2D eigenvalue weighted by Gasteiger charge is -2.17. The molecule has 2 atom stereocenters. The maximum atomic E-state index is 12.7. The van der Waals surface area contributed by atoms with E-state index in [2.05, 4.69) is 9.88 Å². The number of hydrogen-bond acceptors (Lipinski definition) is 6. The van der Waals surface area contributed by atoms with Gasteiger partial charge in [-0.1, -0.05) is 22.9 Å². The summed E-state index contributed by atoms with van der Waals surface area (Å²) in [4.78, 5) is 13.7. The molecule has 3 aromatic rings. The molecular weight excluding hydrogens is 384 g/mol. The molecule has 1 aromatic carbocycles. The van der Waals surface area contributed by atoms with Gasteiger partial charge in [-0.25, -0.2) is 0 Å². The van der Waals surface area contributed by atoms with Crippen LogP contribution >= 0.6 is 11.3 Å². The molecule has 0 fully saturated rings. The van der Waals surface area contributed by atoms with Crippen molar-refractivity contribution in [2.45, 2.75) is 38.1 Å². The SMILES string of the molecule is Cc1ccc([S@@+]([O-])NC(CC(=O)O)c2ccc(-c3c(C)noc3C)s2)cc1. The second-order valence-corrected chi connectivity index (χ2v) is 8.61. The normalized spacial score (nSPS) is 13.5. The molecule has 3 rings (SSSR count). The van der Waals surface area contributed by atoms with E-state index in [-0.39, 0.29) is 6.42 Å². The van der Waals surface area contributed by atoms with Crippen molar-refractivity contribution < 1.29 is 19.0 Å². The van der Waals surface area contributed by atoms with Crippen molar-refractivity contribution in [1.29, 1.82) is 0 Å². The van der Waals surface area contributed by atoms with Gasteiger partial charge in [-0.05, 0) is 45.0 Å². The highest BCUT2D eigenvalue weighted by Gasteiger charge is 2.25. The average Bonchev–Trinajstić information content (AvgIpc) is 3.21. The predicted octanol–water partition coefficient (Wildman–Crippen LogP) is 4.16. The van der Waals surface area contributed by atoms with E-state index in [1.807, 2.05) is 45.0 Å². The summed E-state index contributed by atoms with van der Waals surface area (Å²) < 4.78 is 20.8. The van der Waals surface area contributed by atoms with Crippen molar-refractivity contribution >= 4 is 28.7 Å². The smallest absolute Gasteiger partial charge is 0.305 e. The molecule has 0 amide bonds. The van der Waals surface area contributed by atoms with Gasteiger partial charge in [0.25, 0.3) is 0 Å². The fourth-order valence-electron chi connectivity index (χ4n) is 2.74. The number of nitrogens with zero attached hydrogens (tertiary/aromatic N) is 1. The van der Waals surface area contributed by atoms with Gasteiger partial charge in [-0.3, -0.25) is 4.79 Å². The molecule has 0 saturated heterocycles. The van der Waals surface area contributed by atoms with Crippen LogP contribution in [0.2, 0.25) is 0 Å². The van der Waals surface area contributed by atoms with Gasteiger partial charge in [-0.15, -0.1) is 16.1 Å². The van der Waals surface area contributed by atoms with Gasteiger partial charge >= 0.3 is 5.97 Å². The Morgan fingerprint density at radius 2 is 1.96 bits per heavy atom. The summed E-state index contributed by atoms with van der Waals surface area (Å²) in [5, 5.41) is 13.2. The van der Waals surface area contributed by atoms with Crippen LogP contribution in [0.5, 0.6) is 0 Å². The molecule has 142 valence electrons. The fourth-order valence-corrected chi connectivity index (χ4v) is 5.01. The third-order valence-corrected chi connectivity index (χ3v) is 6.53. The van der Waals surface area contributed by atoms with Crippen LogP contribution in [0, 0.1) is 20.8 Å². The number of aliphatic carboxylic acids is 1. The summed E-state index contributed by atoms with van der Waals surface area (Å²) in [6, 6.07) is 10.5. The van der Waals surface area contributed by atoms with E-state index in [1.54, 1.807) is 12.1 Å². The van der Waals surface area contributed by atoms with E-state index in [0.717, 1.165) is 26.6 Å². The highest BCUT2D eigenvalue weighted by molar-refractivity contribution is 7.89. The molecule has 0 radical (unpaired) electrons. The van der Waals surface area contributed by atoms with Crippen LogP contribution in [0.15, 0.2) is 45.8 Å². The Bertz CT molecular complexity index is 914. The number of nitrogens with one attached hydrogen (secondary N) is 1. The maximum Gasteiger partial charge on any atom is 0.305 e. The van der Waals surface area contributed by atoms with Gasteiger partial charge in [0, 0.05) is 9.75 Å². The first-order valence-corrected chi connectivity index (χ1v) is 10.3. The molecule has 0 bridgehead atoms. The number of thiophene rings is 1. The molecule has 0 saturated carbocycles. The van der Waals surface area contributed by atoms with Gasteiger partial charge in [-0.2, -0.15) is 0 Å². The number of rotatable bonds is 7. The third-order valence-electron chi connectivity index (χ3n) is 4.11. The van der Waals surface area contributed by atoms with Gasteiger partial charge in [0.15, 0.2) is 4.90 Å². The Balaban J connectivity index is 1.85. The fraction of sp³-hybridized carbons (Fsp3) is 0.263. The number of aromatic nitrogens is 1. The maximum absolute atomic E-state index is 12.7. The van der Waals surface area contributed by atoms with Gasteiger partial charge in [0.1, 0.15) is 5.76 Å². The van der Waals surface area contributed by atoms with Crippen molar-refractivity contribution in [3.05, 3.63) is 58.3 Å². The molecule has 1 unspecified atom stereocenters. The lowest BCUT2D eigenvalue weighted by Crippen LogP contribution is -2.29. The molecule has 8 heteroatoms. The second kappa shape index (κ2) is 8.26. The van der Waals surface area contributed by atoms with Crippen molar-refractivity contribution in [1.82, 2.24) is 9.88 Å². The number of aryl methyl sites for hydroxylation is 3. The summed E-state index contributed by atoms with van der Waals surface area (Å²) >= 11 is -0.0641. The van der Waals surface area contributed by atoms with E-state index in [4.69, 9.17) is 4.52 Å². The third kappa shape index (κ3) is 4.59. The van der Waals surface area contributed by atoms with Crippen molar-refractivity contribution in [2.75, 3.05) is 0 Å². The van der Waals surface area contributed by atoms with Crippen LogP contribution in [-0.2, 0) is 16.2 Å². The van der Waals surface area contributed by atoms with E-state index in [9.17, 15) is 14.5 Å². The van der Waals surface area contributed by atoms with Crippen LogP contribution < -0.4 is 4.72 Å². The number of carboxylic acids is 1. The zero-order valence-electron chi connectivity index (χ0n) is 15.2. The monoisotopic (exact) mass is 404 g/mol. The molecule has 6 nitrogen and oxygen atoms in total. The Labute approximate surface area is 164 Å². The number of carbonyl (C=O) groups is 1. The molecule has 2 aromatic heterocycles. The van der Waals surface area contributed by atoms with E-state index < -0.39 is 23.4 Å². The molecule has 0 aliphatic rings. The molecule has 0 spiro atoms. The minimum Gasteiger partial charge on any atom is -0.593 e. The quantitative estimate of drug-likeness (QED) is 0.574. The molecule has 0 aliphatic carbocycles. The Morgan fingerprint density at radius 3 is 2.56 bits per heavy atom. The first kappa shape index (κ1) is 19.6. The van der Waals surface area contributed by atoms with Crippen LogP contribution in [0.1, 0.15) is 34.4 Å². The molecular formula is C19H20N2O4S2. The standard InChI is InChI=1S/C19H20N2O4S2/c1-11-4-6-14(7-5-11)27(24)21-15(10-18(22)23)16-8-9-17(26-16)19-12(2)20-25-13(19)3/h4-9,15,21H,10H2,1-3H3,(H,22,23)/t15?,27-/m1/s1. The summed E-state index contributed by atoms with van der Waals surface area (Å²) in [6.45, 7) is 5.66. The molecule has 27 heavy (non-hydrogen) atoms. The first-order chi connectivity index (χ1) is 12.8. The molecule has 0 aliphatic heterocycles. The summed E-state index contributed by atoms with van der Waals surface area (Å²) in [5.41, 5.74) is 2.77. The van der Waals surface area contributed by atoms with Crippen molar-refractivity contribution in [2.24, 2.45) is 0 Å². The van der Waals surface area contributed by atoms with Gasteiger partial charge < -0.3 is 14.2 Å². The summed E-state index contributed by atoms with van der Waals surface area (Å²) in [5.74, 6) is -0.243. The minimum atomic E-state index is -1.51. The van der Waals surface area contributed by atoms with Crippen molar-refractivity contribution in [3.63, 3.8) is 0 Å². The lowest BCUT2D eigenvalue weighted by molar-refractivity contribution is -0.137. The lowest BCUT2D eigenvalue weighted by atomic mass is 10.1. The largest absolute Gasteiger partial charge is 0.593 e. The highest BCUT2D eigenvalue weighted by Crippen LogP contribution is 2.36. The minimum absolute atomic E-state index is 0.168. The van der Waals surface area contributed by atoms with Crippen LogP contribution in [0.4, 0.5) is 0 Å². The Kier molecular flexibility index (Phi) is 6.01. The average molecular weight is 405 g/mol. The zero-order valence-corrected chi connectivity index (χ0v) is 16.8. The predicted molar refractivity (Wildman–Crippen MR) is 105 cm³/mol.